The summed E-state index contributed by atoms with van der Waals surface area (Å²) in [6.07, 6.45) is 2.41. The van der Waals surface area contributed by atoms with Gasteiger partial charge in [0.1, 0.15) is 0 Å². The van der Waals surface area contributed by atoms with Gasteiger partial charge in [0.2, 0.25) is 0 Å². The molecule has 2 rings (SSSR count). The molecule has 0 aromatic carbocycles. The molecule has 4 nitrogen and oxygen atoms in total. The molecule has 0 saturated heterocycles. The Kier molecular flexibility index (Phi) is 2.44. The predicted molar refractivity (Wildman–Crippen MR) is 54.2 cm³/mol. The molecule has 1 aliphatic carbocycles. The first-order valence-corrected chi connectivity index (χ1v) is 5.27. The van der Waals surface area contributed by atoms with E-state index in [1.807, 2.05) is 0 Å². The number of nitrogens with zero attached hydrogens (tertiary/aromatic N) is 2. The van der Waals surface area contributed by atoms with E-state index in [1.165, 1.54) is 12.8 Å². The van der Waals surface area contributed by atoms with Crippen molar-refractivity contribution in [3.8, 4) is 0 Å². The number of hydrogen-bond acceptors (Lipinski definition) is 4. The number of anilines is 1. The van der Waals surface area contributed by atoms with Crippen molar-refractivity contribution < 1.29 is 4.52 Å². The van der Waals surface area contributed by atoms with E-state index in [-0.39, 0.29) is 0 Å². The molecule has 4 heteroatoms. The fraction of sp³-hybridized carbons (Fsp3) is 0.800. The summed E-state index contributed by atoms with van der Waals surface area (Å²) in [6.45, 7) is 6.44. The van der Waals surface area contributed by atoms with Crippen LogP contribution in [-0.4, -0.2) is 16.2 Å². The Balaban J connectivity index is 1.95. The molecule has 1 N–H and O–H groups in total. The van der Waals surface area contributed by atoms with Crippen LogP contribution in [0.25, 0.3) is 0 Å². The molecule has 0 spiro atoms. The van der Waals surface area contributed by atoms with Gasteiger partial charge in [-0.2, -0.15) is 4.98 Å². The van der Waals surface area contributed by atoms with E-state index in [1.54, 1.807) is 0 Å². The molecule has 1 aromatic heterocycles. The third kappa shape index (κ3) is 2.05. The van der Waals surface area contributed by atoms with E-state index in [9.17, 15) is 0 Å². The molecular formula is C10H17N3O. The average molecular weight is 195 g/mol. The predicted octanol–water partition coefficient (Wildman–Crippen LogP) is 2.40. The van der Waals surface area contributed by atoms with Gasteiger partial charge in [0.05, 0.1) is 0 Å². The van der Waals surface area contributed by atoms with Crippen molar-refractivity contribution in [3.63, 3.8) is 0 Å². The third-order valence-corrected chi connectivity index (χ3v) is 2.74. The van der Waals surface area contributed by atoms with E-state index >= 15 is 0 Å². The molecule has 78 valence electrons. The van der Waals surface area contributed by atoms with Crippen LogP contribution < -0.4 is 5.32 Å². The van der Waals surface area contributed by atoms with Crippen LogP contribution in [0.15, 0.2) is 4.52 Å². The fourth-order valence-corrected chi connectivity index (χ4v) is 1.16. The third-order valence-electron chi connectivity index (χ3n) is 2.74. The van der Waals surface area contributed by atoms with Gasteiger partial charge in [-0.15, -0.1) is 0 Å². The monoisotopic (exact) mass is 195 g/mol. The van der Waals surface area contributed by atoms with Crippen LogP contribution in [0, 0.1) is 5.92 Å². The molecule has 1 aliphatic rings. The van der Waals surface area contributed by atoms with Gasteiger partial charge in [-0.1, -0.05) is 19.0 Å². The minimum atomic E-state index is 0.363. The van der Waals surface area contributed by atoms with Crippen LogP contribution in [-0.2, 0) is 0 Å². The summed E-state index contributed by atoms with van der Waals surface area (Å²) >= 11 is 0. The van der Waals surface area contributed by atoms with Crippen molar-refractivity contribution in [1.29, 1.82) is 0 Å². The summed E-state index contributed by atoms with van der Waals surface area (Å²) < 4.78 is 5.11. The maximum absolute atomic E-state index is 5.11. The first-order valence-electron chi connectivity index (χ1n) is 5.27. The Morgan fingerprint density at radius 1 is 1.36 bits per heavy atom. The molecule has 0 amide bonds. The van der Waals surface area contributed by atoms with Crippen molar-refractivity contribution in [2.75, 3.05) is 5.32 Å². The van der Waals surface area contributed by atoms with Crippen molar-refractivity contribution in [3.05, 3.63) is 5.82 Å². The standard InChI is InChI=1S/C10H17N3O/c1-6(2)7(3)11-10-12-9(13-14-10)8-4-5-8/h6-8H,4-5H2,1-3H3,(H,11,12,13). The number of rotatable bonds is 4. The molecule has 0 radical (unpaired) electrons. The zero-order valence-electron chi connectivity index (χ0n) is 8.95. The lowest BCUT2D eigenvalue weighted by Gasteiger charge is -2.14. The largest absolute Gasteiger partial charge is 0.335 e. The van der Waals surface area contributed by atoms with Crippen molar-refractivity contribution in [2.45, 2.75) is 45.6 Å². The molecule has 14 heavy (non-hydrogen) atoms. The minimum Gasteiger partial charge on any atom is -0.335 e. The van der Waals surface area contributed by atoms with E-state index in [0.717, 1.165) is 5.82 Å². The Morgan fingerprint density at radius 2 is 2.07 bits per heavy atom. The topological polar surface area (TPSA) is 51.0 Å². The van der Waals surface area contributed by atoms with Crippen molar-refractivity contribution in [2.24, 2.45) is 5.92 Å². The van der Waals surface area contributed by atoms with Crippen LogP contribution in [0.3, 0.4) is 0 Å². The highest BCUT2D eigenvalue weighted by molar-refractivity contribution is 5.22. The maximum Gasteiger partial charge on any atom is 0.321 e. The zero-order valence-corrected chi connectivity index (χ0v) is 8.95. The highest BCUT2D eigenvalue weighted by Gasteiger charge is 2.28. The first kappa shape index (κ1) is 9.49. The highest BCUT2D eigenvalue weighted by atomic mass is 16.5. The number of nitrogens with one attached hydrogen (secondary N) is 1. The Labute approximate surface area is 84.1 Å². The van der Waals surface area contributed by atoms with Gasteiger partial charge in [0.25, 0.3) is 0 Å². The van der Waals surface area contributed by atoms with Crippen LogP contribution in [0.2, 0.25) is 0 Å². The van der Waals surface area contributed by atoms with Crippen LogP contribution >= 0.6 is 0 Å². The van der Waals surface area contributed by atoms with Crippen LogP contribution in [0.1, 0.15) is 45.4 Å². The molecular weight excluding hydrogens is 178 g/mol. The van der Waals surface area contributed by atoms with Gasteiger partial charge in [-0.05, 0) is 25.7 Å². The summed E-state index contributed by atoms with van der Waals surface area (Å²) in [5.74, 6) is 1.98. The average Bonchev–Trinajstić information content (AvgIpc) is 2.88. The zero-order chi connectivity index (χ0) is 10.1. The van der Waals surface area contributed by atoms with Gasteiger partial charge in [0.15, 0.2) is 5.82 Å². The second-order valence-electron chi connectivity index (χ2n) is 4.41. The van der Waals surface area contributed by atoms with E-state index in [0.29, 0.717) is 23.9 Å². The van der Waals surface area contributed by atoms with Gasteiger partial charge < -0.3 is 9.84 Å². The number of aromatic nitrogens is 2. The molecule has 1 aromatic rings. The molecule has 1 heterocycles. The first-order chi connectivity index (χ1) is 6.66. The summed E-state index contributed by atoms with van der Waals surface area (Å²) in [7, 11) is 0. The SMILES string of the molecule is CC(C)C(C)Nc1nc(C2CC2)no1. The van der Waals surface area contributed by atoms with Gasteiger partial charge in [-0.3, -0.25) is 0 Å². The van der Waals surface area contributed by atoms with Crippen molar-refractivity contribution in [1.82, 2.24) is 10.1 Å². The molecule has 1 fully saturated rings. The summed E-state index contributed by atoms with van der Waals surface area (Å²) in [6, 6.07) is 0.926. The fourth-order valence-electron chi connectivity index (χ4n) is 1.16. The van der Waals surface area contributed by atoms with Crippen LogP contribution in [0.4, 0.5) is 6.01 Å². The van der Waals surface area contributed by atoms with E-state index in [2.05, 4.69) is 36.2 Å². The van der Waals surface area contributed by atoms with Gasteiger partial charge in [-0.25, -0.2) is 0 Å². The van der Waals surface area contributed by atoms with Gasteiger partial charge >= 0.3 is 6.01 Å². The summed E-state index contributed by atoms with van der Waals surface area (Å²) in [5.41, 5.74) is 0. The van der Waals surface area contributed by atoms with E-state index < -0.39 is 0 Å². The van der Waals surface area contributed by atoms with Crippen LogP contribution in [0.5, 0.6) is 0 Å². The molecule has 0 aliphatic heterocycles. The second-order valence-corrected chi connectivity index (χ2v) is 4.41. The smallest absolute Gasteiger partial charge is 0.321 e. The molecule has 1 saturated carbocycles. The lowest BCUT2D eigenvalue weighted by molar-refractivity contribution is 0.413. The number of hydrogen-bond donors (Lipinski definition) is 1. The van der Waals surface area contributed by atoms with Gasteiger partial charge in [0, 0.05) is 12.0 Å². The van der Waals surface area contributed by atoms with Crippen molar-refractivity contribution >= 4 is 6.01 Å². The highest BCUT2D eigenvalue weighted by Crippen LogP contribution is 2.38. The van der Waals surface area contributed by atoms with E-state index in [4.69, 9.17) is 4.52 Å². The second kappa shape index (κ2) is 3.59. The summed E-state index contributed by atoms with van der Waals surface area (Å²) in [5, 5.41) is 7.15. The molecule has 1 unspecified atom stereocenters. The summed E-state index contributed by atoms with van der Waals surface area (Å²) in [4.78, 5) is 4.31. The normalized spacial score (nSPS) is 18.6. The Bertz CT molecular complexity index is 304. The Morgan fingerprint density at radius 3 is 2.64 bits per heavy atom. The Hall–Kier alpha value is -1.06. The lowest BCUT2D eigenvalue weighted by atomic mass is 10.1. The maximum atomic E-state index is 5.11. The quantitative estimate of drug-likeness (QED) is 0.801. The minimum absolute atomic E-state index is 0.363. The molecule has 1 atom stereocenters. The lowest BCUT2D eigenvalue weighted by Crippen LogP contribution is -2.21. The molecule has 0 bridgehead atoms.